The van der Waals surface area contributed by atoms with Crippen LogP contribution in [0, 0.1) is 13.8 Å². The number of hydrazone groups is 1. The van der Waals surface area contributed by atoms with Crippen molar-refractivity contribution in [2.75, 3.05) is 0 Å². The number of amides is 1. The van der Waals surface area contributed by atoms with Gasteiger partial charge in [0.05, 0.1) is 12.2 Å². The lowest BCUT2D eigenvalue weighted by Gasteiger charge is -2.30. The summed E-state index contributed by atoms with van der Waals surface area (Å²) < 4.78 is 28.3. The van der Waals surface area contributed by atoms with Crippen molar-refractivity contribution in [3.8, 4) is 0 Å². The number of alkyl halides is 2. The number of aliphatic hydroxyl groups is 1. The molecule has 6 nitrogen and oxygen atoms in total. The van der Waals surface area contributed by atoms with Crippen molar-refractivity contribution < 1.29 is 18.7 Å². The SMILES string of the molecule is CC1=NN(C(=O)c2ccc(Cn3nc(C)cc3C)cc2)C(O)(C(F)F)C1. The lowest BCUT2D eigenvalue weighted by Crippen LogP contribution is -2.51. The first-order valence-corrected chi connectivity index (χ1v) is 8.20. The zero-order valence-corrected chi connectivity index (χ0v) is 14.8. The highest BCUT2D eigenvalue weighted by Gasteiger charge is 2.51. The van der Waals surface area contributed by atoms with Crippen LogP contribution in [0.1, 0.15) is 40.7 Å². The molecule has 0 saturated carbocycles. The second kappa shape index (κ2) is 6.60. The van der Waals surface area contributed by atoms with Crippen molar-refractivity contribution in [2.45, 2.75) is 45.9 Å². The number of halogens is 2. The molecule has 1 aromatic heterocycles. The fourth-order valence-electron chi connectivity index (χ4n) is 3.02. The summed E-state index contributed by atoms with van der Waals surface area (Å²) in [6.45, 7) is 5.90. The smallest absolute Gasteiger partial charge is 0.287 e. The summed E-state index contributed by atoms with van der Waals surface area (Å²) in [7, 11) is 0. The van der Waals surface area contributed by atoms with E-state index < -0.39 is 18.1 Å². The van der Waals surface area contributed by atoms with Gasteiger partial charge in [-0.25, -0.2) is 8.78 Å². The fourth-order valence-corrected chi connectivity index (χ4v) is 3.02. The van der Waals surface area contributed by atoms with Crippen LogP contribution in [0.3, 0.4) is 0 Å². The molecule has 1 aromatic carbocycles. The molecule has 8 heteroatoms. The molecule has 0 aliphatic carbocycles. The van der Waals surface area contributed by atoms with Crippen molar-refractivity contribution in [3.05, 3.63) is 52.8 Å². The first-order valence-electron chi connectivity index (χ1n) is 8.20. The van der Waals surface area contributed by atoms with Gasteiger partial charge >= 0.3 is 0 Å². The number of carbonyl (C=O) groups is 1. The van der Waals surface area contributed by atoms with Gasteiger partial charge in [0.2, 0.25) is 5.72 Å². The maximum absolute atomic E-state index is 13.2. The van der Waals surface area contributed by atoms with E-state index in [9.17, 15) is 18.7 Å². The zero-order valence-electron chi connectivity index (χ0n) is 14.8. The summed E-state index contributed by atoms with van der Waals surface area (Å²) in [5, 5.41) is 18.8. The second-order valence-corrected chi connectivity index (χ2v) is 6.59. The van der Waals surface area contributed by atoms with Gasteiger partial charge in [-0.1, -0.05) is 12.1 Å². The minimum absolute atomic E-state index is 0.180. The van der Waals surface area contributed by atoms with Gasteiger partial charge in [0.25, 0.3) is 12.3 Å². The Kier molecular flexibility index (Phi) is 4.62. The predicted octanol–water partition coefficient (Wildman–Crippen LogP) is 2.72. The lowest BCUT2D eigenvalue weighted by molar-refractivity contribution is -0.164. The first-order chi connectivity index (χ1) is 12.2. The van der Waals surface area contributed by atoms with Crippen LogP contribution in [-0.4, -0.2) is 43.7 Å². The van der Waals surface area contributed by atoms with E-state index in [1.54, 1.807) is 24.3 Å². The van der Waals surface area contributed by atoms with Gasteiger partial charge in [-0.05, 0) is 44.5 Å². The number of benzene rings is 1. The fraction of sp³-hybridized carbons (Fsp3) is 0.389. The number of hydrogen-bond acceptors (Lipinski definition) is 4. The number of hydrogen-bond donors (Lipinski definition) is 1. The van der Waals surface area contributed by atoms with Crippen molar-refractivity contribution in [3.63, 3.8) is 0 Å². The molecule has 0 fully saturated rings. The van der Waals surface area contributed by atoms with Gasteiger partial charge in [0, 0.05) is 23.4 Å². The van der Waals surface area contributed by atoms with E-state index in [-0.39, 0.29) is 17.7 Å². The van der Waals surface area contributed by atoms with Crippen LogP contribution in [-0.2, 0) is 6.54 Å². The van der Waals surface area contributed by atoms with Gasteiger partial charge in [0.1, 0.15) is 0 Å². The van der Waals surface area contributed by atoms with Crippen molar-refractivity contribution in [1.29, 1.82) is 0 Å². The Morgan fingerprint density at radius 1 is 1.27 bits per heavy atom. The third-order valence-electron chi connectivity index (χ3n) is 4.33. The highest BCUT2D eigenvalue weighted by molar-refractivity contribution is 5.97. The highest BCUT2D eigenvalue weighted by Crippen LogP contribution is 2.32. The minimum atomic E-state index is -3.11. The standard InChI is InChI=1S/C18H20F2N4O2/c1-11-8-13(3)23(21-11)10-14-4-6-15(7-5-14)16(25)24-18(26,17(19)20)9-12(2)22-24/h4-8,17,26H,9-10H2,1-3H3. The zero-order chi connectivity index (χ0) is 19.1. The number of aryl methyl sites for hydroxylation is 2. The van der Waals surface area contributed by atoms with Gasteiger partial charge in [-0.3, -0.25) is 9.48 Å². The van der Waals surface area contributed by atoms with E-state index in [0.717, 1.165) is 17.0 Å². The first kappa shape index (κ1) is 18.2. The molecule has 1 aliphatic rings. The maximum Gasteiger partial charge on any atom is 0.287 e. The summed E-state index contributed by atoms with van der Waals surface area (Å²) in [6.07, 6.45) is -3.48. The molecule has 138 valence electrons. The molecule has 3 rings (SSSR count). The molecular formula is C18H20F2N4O2. The topological polar surface area (TPSA) is 70.7 Å². The molecule has 1 unspecified atom stereocenters. The summed E-state index contributed by atoms with van der Waals surface area (Å²) in [5.74, 6) is -0.762. The Bertz CT molecular complexity index is 861. The monoisotopic (exact) mass is 362 g/mol. The summed E-state index contributed by atoms with van der Waals surface area (Å²) in [5.41, 5.74) is 0.720. The van der Waals surface area contributed by atoms with Crippen molar-refractivity contribution in [2.24, 2.45) is 5.10 Å². The van der Waals surface area contributed by atoms with Gasteiger partial charge in [-0.2, -0.15) is 15.2 Å². The van der Waals surface area contributed by atoms with Crippen LogP contribution in [0.4, 0.5) is 8.78 Å². The molecule has 2 heterocycles. The number of aromatic nitrogens is 2. The Hall–Kier alpha value is -2.61. The van der Waals surface area contributed by atoms with E-state index in [2.05, 4.69) is 10.2 Å². The van der Waals surface area contributed by atoms with Gasteiger partial charge in [0.15, 0.2) is 0 Å². The predicted molar refractivity (Wildman–Crippen MR) is 92.1 cm³/mol. The van der Waals surface area contributed by atoms with Crippen LogP contribution in [0.5, 0.6) is 0 Å². The van der Waals surface area contributed by atoms with E-state index in [0.29, 0.717) is 11.6 Å². The van der Waals surface area contributed by atoms with Crippen LogP contribution in [0.2, 0.25) is 0 Å². The highest BCUT2D eigenvalue weighted by atomic mass is 19.3. The Morgan fingerprint density at radius 2 is 1.92 bits per heavy atom. The lowest BCUT2D eigenvalue weighted by atomic mass is 10.1. The second-order valence-electron chi connectivity index (χ2n) is 6.59. The number of carbonyl (C=O) groups excluding carboxylic acids is 1. The average Bonchev–Trinajstić information content (AvgIpc) is 3.06. The van der Waals surface area contributed by atoms with Crippen LogP contribution >= 0.6 is 0 Å². The Balaban J connectivity index is 1.80. The summed E-state index contributed by atoms with van der Waals surface area (Å²) in [6, 6.07) is 8.52. The Morgan fingerprint density at radius 3 is 2.46 bits per heavy atom. The van der Waals surface area contributed by atoms with E-state index in [1.165, 1.54) is 6.92 Å². The summed E-state index contributed by atoms with van der Waals surface area (Å²) >= 11 is 0. The molecular weight excluding hydrogens is 342 g/mol. The average molecular weight is 362 g/mol. The molecule has 1 N–H and O–H groups in total. The van der Waals surface area contributed by atoms with Gasteiger partial charge < -0.3 is 5.11 Å². The van der Waals surface area contributed by atoms with E-state index in [1.807, 2.05) is 24.6 Å². The third-order valence-corrected chi connectivity index (χ3v) is 4.33. The maximum atomic E-state index is 13.2. The molecule has 0 spiro atoms. The molecule has 26 heavy (non-hydrogen) atoms. The molecule has 1 amide bonds. The van der Waals surface area contributed by atoms with Gasteiger partial charge in [-0.15, -0.1) is 0 Å². The molecule has 2 aromatic rings. The van der Waals surface area contributed by atoms with Crippen LogP contribution in [0.25, 0.3) is 0 Å². The Labute approximate surface area is 149 Å². The minimum Gasteiger partial charge on any atom is -0.364 e. The van der Waals surface area contributed by atoms with Crippen molar-refractivity contribution >= 4 is 11.6 Å². The molecule has 0 bridgehead atoms. The largest absolute Gasteiger partial charge is 0.364 e. The number of nitrogens with zero attached hydrogens (tertiary/aromatic N) is 4. The molecule has 1 atom stereocenters. The summed E-state index contributed by atoms with van der Waals surface area (Å²) in [4.78, 5) is 12.5. The molecule has 0 saturated heterocycles. The van der Waals surface area contributed by atoms with E-state index >= 15 is 0 Å². The van der Waals surface area contributed by atoms with Crippen molar-refractivity contribution in [1.82, 2.24) is 14.8 Å². The molecule has 1 aliphatic heterocycles. The number of rotatable bonds is 4. The van der Waals surface area contributed by atoms with Crippen LogP contribution < -0.4 is 0 Å². The normalized spacial score (nSPS) is 20.0. The molecule has 0 radical (unpaired) electrons. The van der Waals surface area contributed by atoms with Crippen LogP contribution in [0.15, 0.2) is 35.4 Å². The quantitative estimate of drug-likeness (QED) is 0.909. The third kappa shape index (κ3) is 3.24. The van der Waals surface area contributed by atoms with E-state index in [4.69, 9.17) is 0 Å².